The summed E-state index contributed by atoms with van der Waals surface area (Å²) in [6.07, 6.45) is 0. The standard InChI is InChI=1S/C39H34N2/c1-30-13-12-20-38(29-30)41(36-18-10-5-11-19-36)37-27-25-35(26-28-37)40(2)34-23-21-33(22-24-34)39(31-14-6-3-7-15-31)32-16-8-4-9-17-32/h3-29,39H,1-2H3. The number of rotatable bonds is 8. The summed E-state index contributed by atoms with van der Waals surface area (Å²) in [6, 6.07) is 58.5. The van der Waals surface area contributed by atoms with Gasteiger partial charge in [0, 0.05) is 41.4 Å². The zero-order valence-corrected chi connectivity index (χ0v) is 23.6. The Morgan fingerprint density at radius 3 is 1.34 bits per heavy atom. The molecule has 0 amide bonds. The van der Waals surface area contributed by atoms with Gasteiger partial charge in [0.15, 0.2) is 0 Å². The van der Waals surface area contributed by atoms with E-state index in [1.54, 1.807) is 0 Å². The van der Waals surface area contributed by atoms with Crippen LogP contribution in [0.15, 0.2) is 164 Å². The van der Waals surface area contributed by atoms with Gasteiger partial charge in [-0.3, -0.25) is 0 Å². The molecule has 0 unspecified atom stereocenters. The number of para-hydroxylation sites is 1. The maximum atomic E-state index is 2.30. The van der Waals surface area contributed by atoms with E-state index in [0.717, 1.165) is 28.4 Å². The first-order valence-corrected chi connectivity index (χ1v) is 14.1. The van der Waals surface area contributed by atoms with E-state index in [1.807, 2.05) is 0 Å². The fraction of sp³-hybridized carbons (Fsp3) is 0.0769. The summed E-state index contributed by atoms with van der Waals surface area (Å²) < 4.78 is 0. The molecule has 0 aliphatic heterocycles. The van der Waals surface area contributed by atoms with E-state index in [-0.39, 0.29) is 5.92 Å². The maximum Gasteiger partial charge on any atom is 0.0464 e. The van der Waals surface area contributed by atoms with E-state index >= 15 is 0 Å². The molecule has 0 saturated heterocycles. The molecule has 6 rings (SSSR count). The van der Waals surface area contributed by atoms with Crippen molar-refractivity contribution >= 4 is 28.4 Å². The van der Waals surface area contributed by atoms with E-state index in [2.05, 4.69) is 188 Å². The van der Waals surface area contributed by atoms with Crippen molar-refractivity contribution in [3.05, 3.63) is 186 Å². The minimum atomic E-state index is 0.196. The molecule has 0 heterocycles. The van der Waals surface area contributed by atoms with Crippen molar-refractivity contribution in [2.45, 2.75) is 12.8 Å². The lowest BCUT2D eigenvalue weighted by Gasteiger charge is -2.27. The summed E-state index contributed by atoms with van der Waals surface area (Å²) in [6.45, 7) is 2.14. The van der Waals surface area contributed by atoms with Gasteiger partial charge in [-0.1, -0.05) is 103 Å². The SMILES string of the molecule is Cc1cccc(N(c2ccccc2)c2ccc(N(C)c3ccc(C(c4ccccc4)c4ccccc4)cc3)cc2)c1. The second kappa shape index (κ2) is 12.0. The summed E-state index contributed by atoms with van der Waals surface area (Å²) in [5.74, 6) is 0.196. The summed E-state index contributed by atoms with van der Waals surface area (Å²) in [7, 11) is 2.13. The van der Waals surface area contributed by atoms with Gasteiger partial charge in [-0.25, -0.2) is 0 Å². The van der Waals surface area contributed by atoms with Crippen molar-refractivity contribution < 1.29 is 0 Å². The molecule has 0 radical (unpaired) electrons. The van der Waals surface area contributed by atoms with Crippen molar-refractivity contribution in [1.29, 1.82) is 0 Å². The predicted octanol–water partition coefficient (Wildman–Crippen LogP) is 10.4. The highest BCUT2D eigenvalue weighted by molar-refractivity contribution is 5.78. The lowest BCUT2D eigenvalue weighted by atomic mass is 9.85. The Morgan fingerprint density at radius 1 is 0.390 bits per heavy atom. The summed E-state index contributed by atoms with van der Waals surface area (Å²) in [5.41, 5.74) is 10.8. The Balaban J connectivity index is 1.28. The van der Waals surface area contributed by atoms with Crippen LogP contribution in [0.5, 0.6) is 0 Å². The molecule has 41 heavy (non-hydrogen) atoms. The predicted molar refractivity (Wildman–Crippen MR) is 174 cm³/mol. The third-order valence-corrected chi connectivity index (χ3v) is 7.65. The molecule has 0 N–H and O–H groups in total. The van der Waals surface area contributed by atoms with E-state index in [1.165, 1.54) is 22.3 Å². The number of anilines is 5. The molecule has 2 heteroatoms. The Hall–Kier alpha value is -5.08. The van der Waals surface area contributed by atoms with Crippen molar-refractivity contribution in [1.82, 2.24) is 0 Å². The van der Waals surface area contributed by atoms with Gasteiger partial charge in [0.25, 0.3) is 0 Å². The minimum absolute atomic E-state index is 0.196. The first-order chi connectivity index (χ1) is 20.2. The van der Waals surface area contributed by atoms with Crippen molar-refractivity contribution in [3.8, 4) is 0 Å². The first-order valence-electron chi connectivity index (χ1n) is 14.1. The second-order valence-electron chi connectivity index (χ2n) is 10.4. The molecule has 6 aromatic rings. The normalized spacial score (nSPS) is 10.9. The molecule has 200 valence electrons. The quantitative estimate of drug-likeness (QED) is 0.181. The van der Waals surface area contributed by atoms with Gasteiger partial charge in [-0.2, -0.15) is 0 Å². The van der Waals surface area contributed by atoms with Gasteiger partial charge in [-0.05, 0) is 89.8 Å². The number of hydrogen-bond acceptors (Lipinski definition) is 2. The van der Waals surface area contributed by atoms with Gasteiger partial charge in [0.1, 0.15) is 0 Å². The molecule has 0 aliphatic carbocycles. The number of nitrogens with zero attached hydrogens (tertiary/aromatic N) is 2. The topological polar surface area (TPSA) is 6.48 Å². The lowest BCUT2D eigenvalue weighted by molar-refractivity contribution is 0.976. The van der Waals surface area contributed by atoms with Gasteiger partial charge >= 0.3 is 0 Å². The second-order valence-corrected chi connectivity index (χ2v) is 10.4. The lowest BCUT2D eigenvalue weighted by Crippen LogP contribution is -2.12. The van der Waals surface area contributed by atoms with Crippen LogP contribution in [-0.2, 0) is 0 Å². The molecule has 0 bridgehead atoms. The average Bonchev–Trinajstić information content (AvgIpc) is 3.03. The van der Waals surface area contributed by atoms with Crippen LogP contribution in [0.25, 0.3) is 0 Å². The van der Waals surface area contributed by atoms with Crippen LogP contribution >= 0.6 is 0 Å². The van der Waals surface area contributed by atoms with Crippen LogP contribution in [0.4, 0.5) is 28.4 Å². The van der Waals surface area contributed by atoms with Crippen LogP contribution in [0.3, 0.4) is 0 Å². The fourth-order valence-corrected chi connectivity index (χ4v) is 5.52. The van der Waals surface area contributed by atoms with E-state index < -0.39 is 0 Å². The van der Waals surface area contributed by atoms with Crippen molar-refractivity contribution in [2.75, 3.05) is 16.8 Å². The molecule has 0 aromatic heterocycles. The molecule has 6 aromatic carbocycles. The molecular weight excluding hydrogens is 496 g/mol. The summed E-state index contributed by atoms with van der Waals surface area (Å²) >= 11 is 0. The molecule has 0 aliphatic rings. The molecule has 2 nitrogen and oxygen atoms in total. The van der Waals surface area contributed by atoms with Crippen LogP contribution in [-0.4, -0.2) is 7.05 Å². The van der Waals surface area contributed by atoms with Crippen LogP contribution in [0, 0.1) is 6.92 Å². The molecule has 0 fully saturated rings. The van der Waals surface area contributed by atoms with Crippen LogP contribution in [0.1, 0.15) is 28.2 Å². The Labute approximate surface area is 243 Å². The summed E-state index contributed by atoms with van der Waals surface area (Å²) in [5, 5.41) is 0. The van der Waals surface area contributed by atoms with Gasteiger partial charge in [0.2, 0.25) is 0 Å². The number of aryl methyl sites for hydroxylation is 1. The van der Waals surface area contributed by atoms with E-state index in [0.29, 0.717) is 0 Å². The average molecular weight is 531 g/mol. The van der Waals surface area contributed by atoms with Crippen LogP contribution < -0.4 is 9.80 Å². The highest BCUT2D eigenvalue weighted by atomic mass is 15.1. The summed E-state index contributed by atoms with van der Waals surface area (Å²) in [4.78, 5) is 4.55. The number of benzene rings is 6. The number of hydrogen-bond donors (Lipinski definition) is 0. The largest absolute Gasteiger partial charge is 0.345 e. The molecule has 0 saturated carbocycles. The first kappa shape index (κ1) is 26.2. The fourth-order valence-electron chi connectivity index (χ4n) is 5.52. The van der Waals surface area contributed by atoms with Crippen molar-refractivity contribution in [3.63, 3.8) is 0 Å². The van der Waals surface area contributed by atoms with Gasteiger partial charge < -0.3 is 9.80 Å². The Morgan fingerprint density at radius 2 is 0.805 bits per heavy atom. The smallest absolute Gasteiger partial charge is 0.0464 e. The van der Waals surface area contributed by atoms with E-state index in [4.69, 9.17) is 0 Å². The van der Waals surface area contributed by atoms with Gasteiger partial charge in [-0.15, -0.1) is 0 Å². The third-order valence-electron chi connectivity index (χ3n) is 7.65. The Bertz CT molecular complexity index is 1640. The monoisotopic (exact) mass is 530 g/mol. The van der Waals surface area contributed by atoms with Gasteiger partial charge in [0.05, 0.1) is 0 Å². The highest BCUT2D eigenvalue weighted by Crippen LogP contribution is 2.37. The van der Waals surface area contributed by atoms with Crippen LogP contribution in [0.2, 0.25) is 0 Å². The third kappa shape index (κ3) is 5.78. The van der Waals surface area contributed by atoms with Crippen molar-refractivity contribution in [2.24, 2.45) is 0 Å². The molecular formula is C39H34N2. The zero-order chi connectivity index (χ0) is 28.0. The minimum Gasteiger partial charge on any atom is -0.345 e. The molecule has 0 atom stereocenters. The maximum absolute atomic E-state index is 2.30. The highest BCUT2D eigenvalue weighted by Gasteiger charge is 2.17. The molecule has 0 spiro atoms. The zero-order valence-electron chi connectivity index (χ0n) is 23.6. The van der Waals surface area contributed by atoms with E-state index in [9.17, 15) is 0 Å². The Kier molecular flexibility index (Phi) is 7.64.